The zero-order valence-corrected chi connectivity index (χ0v) is 15.7. The van der Waals surface area contributed by atoms with Gasteiger partial charge in [0.05, 0.1) is 13.0 Å². The van der Waals surface area contributed by atoms with Crippen molar-refractivity contribution in [2.24, 2.45) is 0 Å². The molecule has 0 saturated carbocycles. The molecule has 0 aliphatic rings. The van der Waals surface area contributed by atoms with Gasteiger partial charge in [0.1, 0.15) is 18.2 Å². The molecule has 3 aromatic rings. The first-order chi connectivity index (χ1) is 14.1. The number of rotatable bonds is 8. The van der Waals surface area contributed by atoms with Crippen LogP contribution in [0.4, 0.5) is 10.1 Å². The minimum absolute atomic E-state index is 0.119. The lowest BCUT2D eigenvalue weighted by Gasteiger charge is -2.10. The van der Waals surface area contributed by atoms with E-state index in [1.807, 2.05) is 30.3 Å². The van der Waals surface area contributed by atoms with Crippen LogP contribution in [-0.2, 0) is 22.6 Å². The van der Waals surface area contributed by atoms with Crippen LogP contribution >= 0.6 is 0 Å². The second-order valence-corrected chi connectivity index (χ2v) is 6.43. The fourth-order valence-corrected chi connectivity index (χ4v) is 2.64. The van der Waals surface area contributed by atoms with Crippen molar-refractivity contribution in [3.8, 4) is 5.75 Å². The molecule has 3 aromatic carbocycles. The van der Waals surface area contributed by atoms with Crippen LogP contribution in [0.3, 0.4) is 0 Å². The Labute approximate surface area is 168 Å². The average Bonchev–Trinajstić information content (AvgIpc) is 2.73. The maximum Gasteiger partial charge on any atom is 0.243 e. The predicted molar refractivity (Wildman–Crippen MR) is 109 cm³/mol. The highest BCUT2D eigenvalue weighted by molar-refractivity contribution is 5.94. The Bertz CT molecular complexity index is 959. The summed E-state index contributed by atoms with van der Waals surface area (Å²) in [5.74, 6) is -0.278. The molecule has 0 unspecified atom stereocenters. The minimum atomic E-state index is -0.331. The molecule has 0 heterocycles. The lowest BCUT2D eigenvalue weighted by atomic mass is 10.1. The maximum absolute atomic E-state index is 12.9. The van der Waals surface area contributed by atoms with Gasteiger partial charge in [-0.25, -0.2) is 4.39 Å². The van der Waals surface area contributed by atoms with Gasteiger partial charge >= 0.3 is 0 Å². The van der Waals surface area contributed by atoms with Crippen molar-refractivity contribution in [1.29, 1.82) is 0 Å². The smallest absolute Gasteiger partial charge is 0.243 e. The molecule has 0 aliphatic carbocycles. The number of nitrogens with one attached hydrogen (secondary N) is 2. The molecule has 2 N–H and O–H groups in total. The lowest BCUT2D eigenvalue weighted by molar-refractivity contribution is -0.123. The number of benzene rings is 3. The third-order valence-corrected chi connectivity index (χ3v) is 4.09. The molecule has 0 atom stereocenters. The molecule has 0 fully saturated rings. The first kappa shape index (κ1) is 20.1. The second-order valence-electron chi connectivity index (χ2n) is 6.43. The predicted octanol–water partition coefficient (Wildman–Crippen LogP) is 3.70. The Balaban J connectivity index is 1.45. The van der Waals surface area contributed by atoms with Crippen molar-refractivity contribution in [3.05, 3.63) is 95.8 Å². The molecule has 6 heteroatoms. The van der Waals surface area contributed by atoms with Gasteiger partial charge in [0, 0.05) is 11.8 Å². The van der Waals surface area contributed by atoms with E-state index in [0.29, 0.717) is 11.4 Å². The monoisotopic (exact) mass is 392 g/mol. The van der Waals surface area contributed by atoms with Crippen LogP contribution in [0.2, 0.25) is 0 Å². The number of amides is 2. The van der Waals surface area contributed by atoms with Crippen LogP contribution in [0.5, 0.6) is 5.75 Å². The zero-order chi connectivity index (χ0) is 20.5. The Kier molecular flexibility index (Phi) is 6.95. The quantitative estimate of drug-likeness (QED) is 0.614. The molecule has 148 valence electrons. The summed E-state index contributed by atoms with van der Waals surface area (Å²) in [6.45, 7) is 0.166. The standard InChI is InChI=1S/C23H21FN2O3/c24-19-11-9-18(10-12-19)16-29-21-8-4-7-20(14-21)26-23(28)15-25-22(27)13-17-5-2-1-3-6-17/h1-12,14H,13,15-16H2,(H,25,27)(H,26,28). The van der Waals surface area contributed by atoms with Crippen LogP contribution in [0, 0.1) is 5.82 Å². The minimum Gasteiger partial charge on any atom is -0.489 e. The molecule has 0 aromatic heterocycles. The summed E-state index contributed by atoms with van der Waals surface area (Å²) in [7, 11) is 0. The van der Waals surface area contributed by atoms with E-state index in [2.05, 4.69) is 10.6 Å². The number of carbonyl (C=O) groups excluding carboxylic acids is 2. The molecule has 2 amide bonds. The highest BCUT2D eigenvalue weighted by Gasteiger charge is 2.07. The van der Waals surface area contributed by atoms with Crippen LogP contribution in [0.15, 0.2) is 78.9 Å². The van der Waals surface area contributed by atoms with Crippen LogP contribution in [0.25, 0.3) is 0 Å². The summed E-state index contributed by atoms with van der Waals surface area (Å²) in [6, 6.07) is 22.3. The second kappa shape index (κ2) is 10.0. The number of carbonyl (C=O) groups is 2. The third kappa shape index (κ3) is 6.77. The Morgan fingerprint density at radius 3 is 2.34 bits per heavy atom. The summed E-state index contributed by atoms with van der Waals surface area (Å²) in [5, 5.41) is 5.33. The molecular formula is C23H21FN2O3. The topological polar surface area (TPSA) is 67.4 Å². The van der Waals surface area contributed by atoms with Gasteiger partial charge in [-0.1, -0.05) is 48.5 Å². The van der Waals surface area contributed by atoms with E-state index >= 15 is 0 Å². The highest BCUT2D eigenvalue weighted by Crippen LogP contribution is 2.18. The van der Waals surface area contributed by atoms with Gasteiger partial charge in [0.2, 0.25) is 11.8 Å². The highest BCUT2D eigenvalue weighted by atomic mass is 19.1. The maximum atomic E-state index is 12.9. The van der Waals surface area contributed by atoms with Gasteiger partial charge in [-0.15, -0.1) is 0 Å². The molecule has 0 saturated heterocycles. The number of anilines is 1. The molecule has 0 radical (unpaired) electrons. The molecule has 5 nitrogen and oxygen atoms in total. The molecule has 0 bridgehead atoms. The Morgan fingerprint density at radius 1 is 0.828 bits per heavy atom. The van der Waals surface area contributed by atoms with Crippen LogP contribution in [0.1, 0.15) is 11.1 Å². The lowest BCUT2D eigenvalue weighted by Crippen LogP contribution is -2.33. The van der Waals surface area contributed by atoms with E-state index in [1.54, 1.807) is 36.4 Å². The summed E-state index contributed by atoms with van der Waals surface area (Å²) < 4.78 is 18.6. The summed E-state index contributed by atoms with van der Waals surface area (Å²) in [5.41, 5.74) is 2.28. The van der Waals surface area contributed by atoms with Gasteiger partial charge < -0.3 is 15.4 Å². The van der Waals surface area contributed by atoms with Crippen molar-refractivity contribution in [2.75, 3.05) is 11.9 Å². The SMILES string of the molecule is O=C(Cc1ccccc1)NCC(=O)Nc1cccc(OCc2ccc(F)cc2)c1. The number of hydrogen-bond donors (Lipinski definition) is 2. The third-order valence-electron chi connectivity index (χ3n) is 4.09. The summed E-state index contributed by atoms with van der Waals surface area (Å²) in [6.07, 6.45) is 0.223. The van der Waals surface area contributed by atoms with E-state index < -0.39 is 0 Å². The molecule has 0 aliphatic heterocycles. The first-order valence-electron chi connectivity index (χ1n) is 9.16. The summed E-state index contributed by atoms with van der Waals surface area (Å²) in [4.78, 5) is 24.0. The normalized spacial score (nSPS) is 10.2. The van der Waals surface area contributed by atoms with E-state index in [4.69, 9.17) is 4.74 Å². The van der Waals surface area contributed by atoms with Gasteiger partial charge in [-0.2, -0.15) is 0 Å². The van der Waals surface area contributed by atoms with Crippen molar-refractivity contribution in [1.82, 2.24) is 5.32 Å². The molecule has 0 spiro atoms. The Hall–Kier alpha value is -3.67. The van der Waals surface area contributed by atoms with Gasteiger partial charge in [0.15, 0.2) is 0 Å². The van der Waals surface area contributed by atoms with Crippen molar-refractivity contribution < 1.29 is 18.7 Å². The van der Waals surface area contributed by atoms with Crippen LogP contribution < -0.4 is 15.4 Å². The van der Waals surface area contributed by atoms with Gasteiger partial charge in [0.25, 0.3) is 0 Å². The molecule has 29 heavy (non-hydrogen) atoms. The average molecular weight is 392 g/mol. The largest absolute Gasteiger partial charge is 0.489 e. The number of ether oxygens (including phenoxy) is 1. The zero-order valence-electron chi connectivity index (χ0n) is 15.7. The Morgan fingerprint density at radius 2 is 1.59 bits per heavy atom. The van der Waals surface area contributed by atoms with E-state index in [1.165, 1.54) is 12.1 Å². The first-order valence-corrected chi connectivity index (χ1v) is 9.16. The van der Waals surface area contributed by atoms with Gasteiger partial charge in [-0.05, 0) is 35.4 Å². The van der Waals surface area contributed by atoms with Gasteiger partial charge in [-0.3, -0.25) is 9.59 Å². The number of hydrogen-bond acceptors (Lipinski definition) is 3. The van der Waals surface area contributed by atoms with E-state index in [0.717, 1.165) is 11.1 Å². The fraction of sp³-hybridized carbons (Fsp3) is 0.130. The fourth-order valence-electron chi connectivity index (χ4n) is 2.64. The van der Waals surface area contributed by atoms with Crippen molar-refractivity contribution >= 4 is 17.5 Å². The van der Waals surface area contributed by atoms with Crippen molar-refractivity contribution in [2.45, 2.75) is 13.0 Å². The summed E-state index contributed by atoms with van der Waals surface area (Å²) >= 11 is 0. The van der Waals surface area contributed by atoms with E-state index in [9.17, 15) is 14.0 Å². The number of halogens is 1. The van der Waals surface area contributed by atoms with Crippen molar-refractivity contribution in [3.63, 3.8) is 0 Å². The van der Waals surface area contributed by atoms with E-state index in [-0.39, 0.29) is 37.2 Å². The molecule has 3 rings (SSSR count). The molecular weight excluding hydrogens is 371 g/mol. The van der Waals surface area contributed by atoms with Crippen LogP contribution in [-0.4, -0.2) is 18.4 Å².